The van der Waals surface area contributed by atoms with Gasteiger partial charge in [-0.25, -0.2) is 0 Å². The minimum Gasteiger partial charge on any atom is -0.383 e. The second kappa shape index (κ2) is 4.44. The van der Waals surface area contributed by atoms with Gasteiger partial charge in [-0.2, -0.15) is 9.97 Å². The molecule has 0 saturated carbocycles. The number of carbonyl (C=O) groups excluding carboxylic acids is 1. The van der Waals surface area contributed by atoms with Gasteiger partial charge in [0.05, 0.1) is 0 Å². The molecule has 2 heterocycles. The Morgan fingerprint density at radius 1 is 1.24 bits per heavy atom. The van der Waals surface area contributed by atoms with Crippen molar-refractivity contribution >= 4 is 23.5 Å². The summed E-state index contributed by atoms with van der Waals surface area (Å²) in [7, 11) is 0. The zero-order valence-corrected chi connectivity index (χ0v) is 9.76. The Balaban J connectivity index is 2.07. The van der Waals surface area contributed by atoms with Crippen LogP contribution in [-0.2, 0) is 4.79 Å². The Bertz CT molecular complexity index is 407. The van der Waals surface area contributed by atoms with Crippen LogP contribution in [0.4, 0.5) is 17.6 Å². The number of amides is 1. The first-order valence-corrected chi connectivity index (χ1v) is 5.47. The predicted octanol–water partition coefficient (Wildman–Crippen LogP) is -0.690. The Morgan fingerprint density at radius 3 is 2.41 bits per heavy atom. The predicted molar refractivity (Wildman–Crippen MR) is 65.3 cm³/mol. The fraction of sp³-hybridized carbons (Fsp3) is 0.500. The minimum atomic E-state index is 0.103. The summed E-state index contributed by atoms with van der Waals surface area (Å²) in [6.07, 6.45) is 0. The van der Waals surface area contributed by atoms with Crippen LogP contribution in [0.25, 0.3) is 0 Å². The molecule has 0 unspecified atom stereocenters. The lowest BCUT2D eigenvalue weighted by Crippen LogP contribution is -2.48. The van der Waals surface area contributed by atoms with Crippen LogP contribution in [0.3, 0.4) is 0 Å². The number of carbonyl (C=O) groups is 1. The van der Waals surface area contributed by atoms with Crippen molar-refractivity contribution < 1.29 is 4.79 Å². The van der Waals surface area contributed by atoms with Crippen molar-refractivity contribution in [3.63, 3.8) is 0 Å². The van der Waals surface area contributed by atoms with Crippen molar-refractivity contribution in [2.45, 2.75) is 6.92 Å². The molecule has 1 aliphatic rings. The molecule has 0 atom stereocenters. The molecule has 1 aromatic rings. The molecule has 0 bridgehead atoms. The van der Waals surface area contributed by atoms with Crippen LogP contribution in [0.15, 0.2) is 6.07 Å². The van der Waals surface area contributed by atoms with E-state index in [4.69, 9.17) is 11.5 Å². The molecule has 0 spiro atoms. The average molecular weight is 236 g/mol. The number of nitrogen functional groups attached to an aromatic ring is 2. The molecule has 1 saturated heterocycles. The zero-order valence-electron chi connectivity index (χ0n) is 9.76. The molecule has 1 fully saturated rings. The maximum absolute atomic E-state index is 11.2. The van der Waals surface area contributed by atoms with E-state index >= 15 is 0 Å². The van der Waals surface area contributed by atoms with Crippen LogP contribution in [0.5, 0.6) is 0 Å². The summed E-state index contributed by atoms with van der Waals surface area (Å²) < 4.78 is 0. The van der Waals surface area contributed by atoms with Gasteiger partial charge in [0.15, 0.2) is 0 Å². The molecule has 7 heteroatoms. The number of hydrogen-bond acceptors (Lipinski definition) is 6. The third-order valence-corrected chi connectivity index (χ3v) is 2.80. The van der Waals surface area contributed by atoms with E-state index < -0.39 is 0 Å². The van der Waals surface area contributed by atoms with E-state index in [0.717, 1.165) is 18.9 Å². The first kappa shape index (κ1) is 11.4. The highest BCUT2D eigenvalue weighted by atomic mass is 16.2. The highest BCUT2D eigenvalue weighted by molar-refractivity contribution is 5.73. The van der Waals surface area contributed by atoms with Crippen LogP contribution in [-0.4, -0.2) is 47.0 Å². The van der Waals surface area contributed by atoms with Gasteiger partial charge in [-0.3, -0.25) is 4.79 Å². The van der Waals surface area contributed by atoms with Gasteiger partial charge in [-0.15, -0.1) is 0 Å². The quantitative estimate of drug-likeness (QED) is 0.669. The van der Waals surface area contributed by atoms with Gasteiger partial charge in [0, 0.05) is 39.2 Å². The van der Waals surface area contributed by atoms with Gasteiger partial charge in [0.25, 0.3) is 0 Å². The second-order valence-corrected chi connectivity index (χ2v) is 4.00. The standard InChI is InChI=1S/C10H16N6O/c1-7(17)15-2-4-16(5-3-15)9-6-8(11)13-10(12)14-9/h6H,2-5H2,1H3,(H4,11,12,13,14). The topological polar surface area (TPSA) is 101 Å². The molecule has 17 heavy (non-hydrogen) atoms. The number of piperazine rings is 1. The Labute approximate surface area is 99.4 Å². The average Bonchev–Trinajstić information content (AvgIpc) is 2.28. The van der Waals surface area contributed by atoms with E-state index in [1.807, 2.05) is 9.80 Å². The lowest BCUT2D eigenvalue weighted by atomic mass is 10.3. The maximum Gasteiger partial charge on any atom is 0.223 e. The monoisotopic (exact) mass is 236 g/mol. The van der Waals surface area contributed by atoms with Gasteiger partial charge < -0.3 is 21.3 Å². The van der Waals surface area contributed by atoms with E-state index in [2.05, 4.69) is 9.97 Å². The summed E-state index contributed by atoms with van der Waals surface area (Å²) >= 11 is 0. The van der Waals surface area contributed by atoms with Crippen molar-refractivity contribution in [3.05, 3.63) is 6.07 Å². The molecule has 2 rings (SSSR count). The molecule has 0 aliphatic carbocycles. The number of rotatable bonds is 1. The number of nitrogens with two attached hydrogens (primary N) is 2. The van der Waals surface area contributed by atoms with Crippen LogP contribution in [0.2, 0.25) is 0 Å². The van der Waals surface area contributed by atoms with E-state index in [-0.39, 0.29) is 11.9 Å². The molecule has 1 aliphatic heterocycles. The van der Waals surface area contributed by atoms with Crippen molar-refractivity contribution in [2.75, 3.05) is 42.5 Å². The normalized spacial score (nSPS) is 16.1. The van der Waals surface area contributed by atoms with E-state index in [9.17, 15) is 4.79 Å². The summed E-state index contributed by atoms with van der Waals surface area (Å²) in [5.41, 5.74) is 11.2. The van der Waals surface area contributed by atoms with Crippen LogP contribution >= 0.6 is 0 Å². The van der Waals surface area contributed by atoms with Crippen molar-refractivity contribution in [2.24, 2.45) is 0 Å². The minimum absolute atomic E-state index is 0.103. The van der Waals surface area contributed by atoms with Crippen molar-refractivity contribution in [1.82, 2.24) is 14.9 Å². The SMILES string of the molecule is CC(=O)N1CCN(c2cc(N)nc(N)n2)CC1. The zero-order chi connectivity index (χ0) is 12.4. The number of nitrogens with zero attached hydrogens (tertiary/aromatic N) is 4. The number of hydrogen-bond donors (Lipinski definition) is 2. The first-order valence-electron chi connectivity index (χ1n) is 5.47. The maximum atomic E-state index is 11.2. The molecular weight excluding hydrogens is 220 g/mol. The summed E-state index contributed by atoms with van der Waals surface area (Å²) in [6.45, 7) is 4.43. The molecular formula is C10H16N6O. The Morgan fingerprint density at radius 2 is 1.88 bits per heavy atom. The van der Waals surface area contributed by atoms with E-state index in [0.29, 0.717) is 18.9 Å². The smallest absolute Gasteiger partial charge is 0.223 e. The lowest BCUT2D eigenvalue weighted by molar-refractivity contribution is -0.129. The lowest BCUT2D eigenvalue weighted by Gasteiger charge is -2.34. The van der Waals surface area contributed by atoms with Gasteiger partial charge >= 0.3 is 0 Å². The van der Waals surface area contributed by atoms with Crippen molar-refractivity contribution in [1.29, 1.82) is 0 Å². The van der Waals surface area contributed by atoms with Crippen LogP contribution in [0.1, 0.15) is 6.92 Å². The molecule has 0 aromatic carbocycles. The molecule has 92 valence electrons. The van der Waals surface area contributed by atoms with Gasteiger partial charge in [0.1, 0.15) is 11.6 Å². The first-order chi connectivity index (χ1) is 8.06. The fourth-order valence-electron chi connectivity index (χ4n) is 1.88. The van der Waals surface area contributed by atoms with Crippen LogP contribution < -0.4 is 16.4 Å². The van der Waals surface area contributed by atoms with Gasteiger partial charge in [0.2, 0.25) is 11.9 Å². The third-order valence-electron chi connectivity index (χ3n) is 2.80. The summed E-state index contributed by atoms with van der Waals surface area (Å²) in [5.74, 6) is 1.36. The summed E-state index contributed by atoms with van der Waals surface area (Å²) in [4.78, 5) is 23.0. The highest BCUT2D eigenvalue weighted by Gasteiger charge is 2.20. The summed E-state index contributed by atoms with van der Waals surface area (Å²) in [6, 6.07) is 1.69. The van der Waals surface area contributed by atoms with E-state index in [1.54, 1.807) is 13.0 Å². The third kappa shape index (κ3) is 2.55. The second-order valence-electron chi connectivity index (χ2n) is 4.00. The van der Waals surface area contributed by atoms with E-state index in [1.165, 1.54) is 0 Å². The highest BCUT2D eigenvalue weighted by Crippen LogP contribution is 2.16. The molecule has 1 aromatic heterocycles. The Kier molecular flexibility index (Phi) is 2.99. The van der Waals surface area contributed by atoms with Crippen LogP contribution in [0, 0.1) is 0 Å². The van der Waals surface area contributed by atoms with Crippen molar-refractivity contribution in [3.8, 4) is 0 Å². The number of anilines is 3. The van der Waals surface area contributed by atoms with Gasteiger partial charge in [-0.1, -0.05) is 0 Å². The summed E-state index contributed by atoms with van der Waals surface area (Å²) in [5, 5.41) is 0. The largest absolute Gasteiger partial charge is 0.383 e. The molecule has 1 amide bonds. The molecule has 4 N–H and O–H groups in total. The fourth-order valence-corrected chi connectivity index (χ4v) is 1.88. The molecule has 7 nitrogen and oxygen atoms in total. The number of aromatic nitrogens is 2. The van der Waals surface area contributed by atoms with Gasteiger partial charge in [-0.05, 0) is 0 Å². The Hall–Kier alpha value is -2.05. The molecule has 0 radical (unpaired) electrons.